The summed E-state index contributed by atoms with van der Waals surface area (Å²) in [6.45, 7) is 0.243. The minimum Gasteiger partial charge on any atom is -0.370 e. The van der Waals surface area contributed by atoms with Crippen LogP contribution in [0, 0.1) is 0 Å². The fraction of sp³-hybridized carbons (Fsp3) is 0.526. The van der Waals surface area contributed by atoms with E-state index in [9.17, 15) is 23.2 Å². The van der Waals surface area contributed by atoms with E-state index in [2.05, 4.69) is 16.0 Å². The molecule has 9 nitrogen and oxygen atoms in total. The number of morpholine rings is 1. The van der Waals surface area contributed by atoms with Crippen LogP contribution in [0.3, 0.4) is 0 Å². The van der Waals surface area contributed by atoms with E-state index in [0.29, 0.717) is 12.3 Å². The number of ether oxygens (including phenoxy) is 1. The summed E-state index contributed by atoms with van der Waals surface area (Å²) in [7, 11) is 0. The predicted molar refractivity (Wildman–Crippen MR) is 105 cm³/mol. The Morgan fingerprint density at radius 1 is 1.30 bits per heavy atom. The third-order valence-electron chi connectivity index (χ3n) is 5.12. The van der Waals surface area contributed by atoms with Gasteiger partial charge in [-0.3, -0.25) is 9.59 Å². The van der Waals surface area contributed by atoms with E-state index in [1.54, 1.807) is 0 Å². The zero-order valence-corrected chi connectivity index (χ0v) is 16.3. The van der Waals surface area contributed by atoms with Crippen LogP contribution in [0.4, 0.5) is 25.0 Å². The number of hydrogen-bond donors (Lipinski definition) is 4. The summed E-state index contributed by atoms with van der Waals surface area (Å²) in [5.41, 5.74) is 5.33. The molecule has 0 spiro atoms. The van der Waals surface area contributed by atoms with E-state index in [-0.39, 0.29) is 37.3 Å². The van der Waals surface area contributed by atoms with Gasteiger partial charge in [-0.15, -0.1) is 0 Å². The molecule has 1 atom stereocenters. The molecule has 1 saturated heterocycles. The molecule has 1 aromatic carbocycles. The molecular formula is C19H25F2N5O4. The first-order chi connectivity index (χ1) is 14.4. The Hall–Kier alpha value is -2.79. The monoisotopic (exact) mass is 425 g/mol. The maximum absolute atomic E-state index is 13.6. The quantitative estimate of drug-likeness (QED) is 0.521. The Labute approximate surface area is 172 Å². The maximum Gasteiger partial charge on any atom is 0.315 e. The van der Waals surface area contributed by atoms with Crippen molar-refractivity contribution in [3.05, 3.63) is 23.8 Å². The summed E-state index contributed by atoms with van der Waals surface area (Å²) in [4.78, 5) is 37.8. The van der Waals surface area contributed by atoms with E-state index in [1.807, 2.05) is 0 Å². The number of hydrogen-bond acceptors (Lipinski definition) is 5. The van der Waals surface area contributed by atoms with Crippen LogP contribution in [-0.2, 0) is 14.3 Å². The standard InChI is InChI=1S/C19H25F2N5O4/c20-17(21)13-8-12(26-6-7-30-10-16(26)27)4-5-14(13)24-18(28)15(9-22)25-19(29)23-11-2-1-3-11/h4-5,8,11,15,17H,1-3,6-7,9-10,22H2,(H,24,28)(H2,23,25,29)/t15-/m0/s1. The molecule has 0 unspecified atom stereocenters. The molecule has 0 aromatic heterocycles. The summed E-state index contributed by atoms with van der Waals surface area (Å²) in [6, 6.07) is 2.40. The van der Waals surface area contributed by atoms with Crippen LogP contribution < -0.4 is 26.6 Å². The second kappa shape index (κ2) is 9.81. The van der Waals surface area contributed by atoms with Crippen molar-refractivity contribution in [1.82, 2.24) is 10.6 Å². The minimum absolute atomic E-state index is 0.0763. The highest BCUT2D eigenvalue weighted by Gasteiger charge is 2.26. The van der Waals surface area contributed by atoms with Crippen LogP contribution in [0.2, 0.25) is 0 Å². The second-order valence-electron chi connectivity index (χ2n) is 7.19. The molecule has 1 aliphatic carbocycles. The highest BCUT2D eigenvalue weighted by Crippen LogP contribution is 2.32. The lowest BCUT2D eigenvalue weighted by Gasteiger charge is -2.28. The second-order valence-corrected chi connectivity index (χ2v) is 7.19. The van der Waals surface area contributed by atoms with E-state index in [1.165, 1.54) is 17.0 Å². The van der Waals surface area contributed by atoms with Gasteiger partial charge in [0.05, 0.1) is 6.61 Å². The van der Waals surface area contributed by atoms with Crippen molar-refractivity contribution in [2.24, 2.45) is 5.73 Å². The Kier molecular flexibility index (Phi) is 7.16. The predicted octanol–water partition coefficient (Wildman–Crippen LogP) is 1.10. The van der Waals surface area contributed by atoms with Crippen LogP contribution in [0.15, 0.2) is 18.2 Å². The number of urea groups is 1. The molecule has 5 N–H and O–H groups in total. The van der Waals surface area contributed by atoms with Crippen molar-refractivity contribution < 1.29 is 27.9 Å². The summed E-state index contributed by atoms with van der Waals surface area (Å²) >= 11 is 0. The molecule has 4 amide bonds. The van der Waals surface area contributed by atoms with Gasteiger partial charge in [0.1, 0.15) is 12.6 Å². The van der Waals surface area contributed by atoms with Crippen LogP contribution in [-0.4, -0.2) is 56.2 Å². The highest BCUT2D eigenvalue weighted by atomic mass is 19.3. The molecule has 3 rings (SSSR count). The SMILES string of the molecule is NC[C@H](NC(=O)NC1CCC1)C(=O)Nc1ccc(N2CCOCC2=O)cc1C(F)F. The van der Waals surface area contributed by atoms with E-state index in [4.69, 9.17) is 10.5 Å². The highest BCUT2D eigenvalue weighted by molar-refractivity contribution is 5.99. The van der Waals surface area contributed by atoms with Crippen molar-refractivity contribution >= 4 is 29.2 Å². The van der Waals surface area contributed by atoms with Crippen LogP contribution >= 0.6 is 0 Å². The largest absolute Gasteiger partial charge is 0.370 e. The van der Waals surface area contributed by atoms with Crippen molar-refractivity contribution in [1.29, 1.82) is 0 Å². The average molecular weight is 425 g/mol. The van der Waals surface area contributed by atoms with Gasteiger partial charge in [0.25, 0.3) is 12.3 Å². The van der Waals surface area contributed by atoms with Crippen molar-refractivity contribution in [2.75, 3.05) is 36.5 Å². The summed E-state index contributed by atoms with van der Waals surface area (Å²) in [5, 5.41) is 7.59. The number of amides is 4. The Morgan fingerprint density at radius 2 is 2.07 bits per heavy atom. The number of alkyl halides is 2. The topological polar surface area (TPSA) is 126 Å². The molecule has 2 fully saturated rings. The summed E-state index contributed by atoms with van der Waals surface area (Å²) in [5.74, 6) is -1.04. The fourth-order valence-corrected chi connectivity index (χ4v) is 3.19. The lowest BCUT2D eigenvalue weighted by atomic mass is 9.93. The molecule has 1 saturated carbocycles. The van der Waals surface area contributed by atoms with Gasteiger partial charge in [-0.25, -0.2) is 13.6 Å². The van der Waals surface area contributed by atoms with Gasteiger partial charge in [0, 0.05) is 36.1 Å². The number of nitrogens with one attached hydrogen (secondary N) is 3. The molecule has 1 aromatic rings. The van der Waals surface area contributed by atoms with Crippen molar-refractivity contribution in [2.45, 2.75) is 37.8 Å². The first-order valence-electron chi connectivity index (χ1n) is 9.77. The zero-order valence-electron chi connectivity index (χ0n) is 16.3. The van der Waals surface area contributed by atoms with Gasteiger partial charge in [-0.1, -0.05) is 0 Å². The Bertz CT molecular complexity index is 803. The molecule has 1 heterocycles. The molecule has 30 heavy (non-hydrogen) atoms. The Morgan fingerprint density at radius 3 is 2.67 bits per heavy atom. The van der Waals surface area contributed by atoms with Crippen LogP contribution in [0.5, 0.6) is 0 Å². The zero-order chi connectivity index (χ0) is 21.7. The number of carbonyl (C=O) groups excluding carboxylic acids is 3. The van der Waals surface area contributed by atoms with E-state index in [0.717, 1.165) is 25.3 Å². The molecule has 0 radical (unpaired) electrons. The van der Waals surface area contributed by atoms with Gasteiger partial charge in [0.2, 0.25) is 5.91 Å². The number of nitrogens with two attached hydrogens (primary N) is 1. The molecule has 11 heteroatoms. The fourth-order valence-electron chi connectivity index (χ4n) is 3.19. The molecule has 0 bridgehead atoms. The normalized spacial score (nSPS) is 18.0. The third kappa shape index (κ3) is 5.22. The van der Waals surface area contributed by atoms with Gasteiger partial charge in [0.15, 0.2) is 0 Å². The lowest BCUT2D eigenvalue weighted by Crippen LogP contribution is -2.54. The average Bonchev–Trinajstić information content (AvgIpc) is 2.69. The van der Waals surface area contributed by atoms with Gasteiger partial charge in [-0.2, -0.15) is 0 Å². The molecule has 1 aliphatic heterocycles. The molecule has 2 aliphatic rings. The van der Waals surface area contributed by atoms with Gasteiger partial charge < -0.3 is 31.3 Å². The number of anilines is 2. The molecular weight excluding hydrogens is 400 g/mol. The van der Waals surface area contributed by atoms with Crippen molar-refractivity contribution in [3.8, 4) is 0 Å². The van der Waals surface area contributed by atoms with E-state index < -0.39 is 30.0 Å². The van der Waals surface area contributed by atoms with Gasteiger partial charge in [-0.05, 0) is 37.5 Å². The summed E-state index contributed by atoms with van der Waals surface area (Å²) in [6.07, 6.45) is -0.0953. The lowest BCUT2D eigenvalue weighted by molar-refractivity contribution is -0.125. The smallest absolute Gasteiger partial charge is 0.315 e. The first kappa shape index (κ1) is 21.9. The van der Waals surface area contributed by atoms with Crippen LogP contribution in [0.1, 0.15) is 31.3 Å². The number of rotatable bonds is 7. The third-order valence-corrected chi connectivity index (χ3v) is 5.12. The maximum atomic E-state index is 13.6. The Balaban J connectivity index is 1.69. The number of halogens is 2. The molecule has 164 valence electrons. The summed E-state index contributed by atoms with van der Waals surface area (Å²) < 4.78 is 32.3. The van der Waals surface area contributed by atoms with Crippen LogP contribution in [0.25, 0.3) is 0 Å². The van der Waals surface area contributed by atoms with Gasteiger partial charge >= 0.3 is 6.03 Å². The minimum atomic E-state index is -2.89. The van der Waals surface area contributed by atoms with E-state index >= 15 is 0 Å². The van der Waals surface area contributed by atoms with Crippen molar-refractivity contribution in [3.63, 3.8) is 0 Å². The number of nitrogens with zero attached hydrogens (tertiary/aromatic N) is 1. The number of carbonyl (C=O) groups is 3. The number of benzene rings is 1. The first-order valence-corrected chi connectivity index (χ1v) is 9.77.